The fourth-order valence-electron chi connectivity index (χ4n) is 2.15. The van der Waals surface area contributed by atoms with Crippen LogP contribution in [0.15, 0.2) is 40.7 Å². The number of nitrogens with two attached hydrogens (primary N) is 1. The average molecular weight is 430 g/mol. The van der Waals surface area contributed by atoms with Crippen molar-refractivity contribution in [2.75, 3.05) is 26.3 Å². The van der Waals surface area contributed by atoms with Crippen molar-refractivity contribution in [1.82, 2.24) is 9.88 Å². The lowest BCUT2D eigenvalue weighted by atomic mass is 10.2. The van der Waals surface area contributed by atoms with Gasteiger partial charge in [0, 0.05) is 24.0 Å². The average Bonchev–Trinajstić information content (AvgIpc) is 3.03. The number of guanidine groups is 1. The van der Waals surface area contributed by atoms with E-state index in [-0.39, 0.29) is 24.0 Å². The summed E-state index contributed by atoms with van der Waals surface area (Å²) in [5.41, 5.74) is 8.10. The molecule has 1 aromatic carbocycles. The minimum Gasteiger partial charge on any atom is -0.378 e. The van der Waals surface area contributed by atoms with Crippen LogP contribution in [-0.4, -0.2) is 42.1 Å². The number of hydrogen-bond acceptors (Lipinski definition) is 4. The van der Waals surface area contributed by atoms with Crippen LogP contribution >= 0.6 is 35.3 Å². The van der Waals surface area contributed by atoms with Crippen LogP contribution in [0.2, 0.25) is 0 Å². The molecule has 3 rings (SSSR count). The molecule has 0 atom stereocenters. The highest BCUT2D eigenvalue weighted by Crippen LogP contribution is 2.23. The summed E-state index contributed by atoms with van der Waals surface area (Å²) in [4.78, 5) is 11.1. The van der Waals surface area contributed by atoms with Crippen molar-refractivity contribution in [1.29, 1.82) is 0 Å². The Bertz CT molecular complexity index is 611. The van der Waals surface area contributed by atoms with Crippen molar-refractivity contribution in [2.24, 2.45) is 10.7 Å². The smallest absolute Gasteiger partial charge is 0.191 e. The summed E-state index contributed by atoms with van der Waals surface area (Å²) in [5, 5.41) is 3.06. The van der Waals surface area contributed by atoms with Crippen LogP contribution in [0.4, 0.5) is 0 Å². The van der Waals surface area contributed by atoms with Gasteiger partial charge in [-0.15, -0.1) is 35.3 Å². The van der Waals surface area contributed by atoms with E-state index in [0.717, 1.165) is 29.4 Å². The van der Waals surface area contributed by atoms with Gasteiger partial charge >= 0.3 is 0 Å². The van der Waals surface area contributed by atoms with Crippen LogP contribution in [-0.2, 0) is 11.3 Å². The zero-order valence-electron chi connectivity index (χ0n) is 12.1. The minimum absolute atomic E-state index is 0. The summed E-state index contributed by atoms with van der Waals surface area (Å²) in [7, 11) is 0. The van der Waals surface area contributed by atoms with E-state index >= 15 is 0 Å². The summed E-state index contributed by atoms with van der Waals surface area (Å²) in [5.74, 6) is 0.576. The Hall–Kier alpha value is -1.19. The molecule has 0 spiro atoms. The first-order chi connectivity index (χ1) is 10.3. The fourth-order valence-corrected chi connectivity index (χ4v) is 2.96. The monoisotopic (exact) mass is 430 g/mol. The summed E-state index contributed by atoms with van der Waals surface area (Å²) >= 11 is 1.64. The van der Waals surface area contributed by atoms with E-state index in [1.165, 1.54) is 0 Å². The third-order valence-electron chi connectivity index (χ3n) is 3.31. The van der Waals surface area contributed by atoms with Gasteiger partial charge in [0.1, 0.15) is 5.01 Å². The van der Waals surface area contributed by atoms with Crippen LogP contribution in [0, 0.1) is 0 Å². The molecule has 0 unspecified atom stereocenters. The predicted octanol–water partition coefficient (Wildman–Crippen LogP) is 2.58. The fraction of sp³-hybridized carbons (Fsp3) is 0.333. The second kappa shape index (κ2) is 8.44. The topological polar surface area (TPSA) is 63.7 Å². The molecule has 2 N–H and O–H groups in total. The quantitative estimate of drug-likeness (QED) is 0.462. The van der Waals surface area contributed by atoms with Crippen molar-refractivity contribution in [3.05, 3.63) is 41.4 Å². The number of aromatic nitrogens is 1. The molecule has 0 aliphatic carbocycles. The van der Waals surface area contributed by atoms with Crippen LogP contribution in [0.25, 0.3) is 10.6 Å². The summed E-state index contributed by atoms with van der Waals surface area (Å²) in [6, 6.07) is 10.2. The van der Waals surface area contributed by atoms with Gasteiger partial charge in [0.2, 0.25) is 0 Å². The number of hydrogen-bond donors (Lipinski definition) is 1. The van der Waals surface area contributed by atoms with E-state index < -0.39 is 0 Å². The molecule has 0 saturated carbocycles. The lowest BCUT2D eigenvalue weighted by molar-refractivity contribution is 0.0674. The number of ether oxygens (including phenoxy) is 1. The highest BCUT2D eigenvalue weighted by Gasteiger charge is 2.12. The van der Waals surface area contributed by atoms with E-state index in [2.05, 4.69) is 22.1 Å². The van der Waals surface area contributed by atoms with Gasteiger partial charge in [-0.2, -0.15) is 0 Å². The van der Waals surface area contributed by atoms with Crippen LogP contribution in [0.5, 0.6) is 0 Å². The molecule has 1 aromatic heterocycles. The predicted molar refractivity (Wildman–Crippen MR) is 101 cm³/mol. The molecule has 0 radical (unpaired) electrons. The number of aliphatic imine (C=N–C) groups is 1. The zero-order chi connectivity index (χ0) is 14.5. The Balaban J connectivity index is 0.00000176. The summed E-state index contributed by atoms with van der Waals surface area (Å²) in [6.07, 6.45) is 0. The van der Waals surface area contributed by atoms with E-state index in [1.807, 2.05) is 28.5 Å². The van der Waals surface area contributed by atoms with Crippen molar-refractivity contribution in [3.8, 4) is 10.6 Å². The van der Waals surface area contributed by atoms with Gasteiger partial charge in [0.25, 0.3) is 0 Å². The van der Waals surface area contributed by atoms with Gasteiger partial charge in [-0.05, 0) is 0 Å². The number of thiazole rings is 1. The lowest BCUT2D eigenvalue weighted by Gasteiger charge is -2.27. The van der Waals surface area contributed by atoms with E-state index in [9.17, 15) is 0 Å². The molecule has 1 fully saturated rings. The molecule has 5 nitrogen and oxygen atoms in total. The third-order valence-corrected chi connectivity index (χ3v) is 4.25. The Morgan fingerprint density at radius 2 is 2.00 bits per heavy atom. The Morgan fingerprint density at radius 3 is 2.73 bits per heavy atom. The molecule has 2 heterocycles. The van der Waals surface area contributed by atoms with Gasteiger partial charge in [-0.25, -0.2) is 9.98 Å². The molecule has 2 aromatic rings. The van der Waals surface area contributed by atoms with Crippen molar-refractivity contribution >= 4 is 41.3 Å². The molecule has 1 saturated heterocycles. The Kier molecular flexibility index (Phi) is 6.59. The van der Waals surface area contributed by atoms with Gasteiger partial charge < -0.3 is 15.4 Å². The molecule has 118 valence electrons. The second-order valence-corrected chi connectivity index (χ2v) is 5.64. The standard InChI is InChI=1S/C15H18N4OS.HI/c16-15(19-6-8-20-9-7-19)17-10-13-11-21-14(18-13)12-4-2-1-3-5-12;/h1-5,11H,6-10H2,(H2,16,17);1H. The van der Waals surface area contributed by atoms with Crippen molar-refractivity contribution < 1.29 is 4.74 Å². The van der Waals surface area contributed by atoms with Crippen LogP contribution in [0.3, 0.4) is 0 Å². The van der Waals surface area contributed by atoms with E-state index in [4.69, 9.17) is 10.5 Å². The minimum atomic E-state index is 0. The maximum absolute atomic E-state index is 6.01. The van der Waals surface area contributed by atoms with Crippen LogP contribution in [0.1, 0.15) is 5.69 Å². The molecule has 1 aliphatic rings. The van der Waals surface area contributed by atoms with Gasteiger partial charge in [0.15, 0.2) is 5.96 Å². The Morgan fingerprint density at radius 1 is 1.27 bits per heavy atom. The number of rotatable bonds is 3. The first-order valence-electron chi connectivity index (χ1n) is 6.95. The number of halogens is 1. The molecular weight excluding hydrogens is 411 g/mol. The summed E-state index contributed by atoms with van der Waals surface area (Å²) < 4.78 is 5.30. The molecule has 1 aliphatic heterocycles. The maximum Gasteiger partial charge on any atom is 0.191 e. The summed E-state index contributed by atoms with van der Waals surface area (Å²) in [6.45, 7) is 3.56. The van der Waals surface area contributed by atoms with Crippen molar-refractivity contribution in [3.63, 3.8) is 0 Å². The SMILES string of the molecule is I.NC(=NCc1csc(-c2ccccc2)n1)N1CCOCC1. The number of benzene rings is 1. The molecular formula is C15H19IN4OS. The number of nitrogens with zero attached hydrogens (tertiary/aromatic N) is 3. The van der Waals surface area contributed by atoms with Gasteiger partial charge in [-0.1, -0.05) is 30.3 Å². The van der Waals surface area contributed by atoms with E-state index in [0.29, 0.717) is 25.7 Å². The molecule has 22 heavy (non-hydrogen) atoms. The van der Waals surface area contributed by atoms with Gasteiger partial charge in [0.05, 0.1) is 25.5 Å². The molecule has 0 amide bonds. The normalized spacial score (nSPS) is 15.5. The highest BCUT2D eigenvalue weighted by molar-refractivity contribution is 14.0. The van der Waals surface area contributed by atoms with Gasteiger partial charge in [-0.3, -0.25) is 0 Å². The number of morpholine rings is 1. The molecule has 7 heteroatoms. The lowest BCUT2D eigenvalue weighted by Crippen LogP contribution is -2.44. The zero-order valence-corrected chi connectivity index (χ0v) is 15.3. The maximum atomic E-state index is 6.01. The first-order valence-corrected chi connectivity index (χ1v) is 7.83. The van der Waals surface area contributed by atoms with Crippen molar-refractivity contribution in [2.45, 2.75) is 6.54 Å². The van der Waals surface area contributed by atoms with E-state index in [1.54, 1.807) is 11.3 Å². The molecule has 0 bridgehead atoms. The Labute approximate surface area is 151 Å². The second-order valence-electron chi connectivity index (χ2n) is 4.78. The highest BCUT2D eigenvalue weighted by atomic mass is 127. The van der Waals surface area contributed by atoms with Crippen LogP contribution < -0.4 is 5.73 Å². The third kappa shape index (κ3) is 4.40. The largest absolute Gasteiger partial charge is 0.378 e. The first kappa shape index (κ1) is 17.2.